The molecule has 152 valence electrons. The van der Waals surface area contributed by atoms with E-state index in [1.807, 2.05) is 41.0 Å². The highest BCUT2D eigenvalue weighted by molar-refractivity contribution is 6.31. The summed E-state index contributed by atoms with van der Waals surface area (Å²) in [4.78, 5) is 22.1. The lowest BCUT2D eigenvalue weighted by Crippen LogP contribution is -2.23. The Morgan fingerprint density at radius 3 is 2.58 bits per heavy atom. The zero-order valence-electron chi connectivity index (χ0n) is 16.2. The fourth-order valence-electron chi connectivity index (χ4n) is 3.49. The van der Waals surface area contributed by atoms with Gasteiger partial charge in [0.25, 0.3) is 5.91 Å². The van der Waals surface area contributed by atoms with Crippen molar-refractivity contribution in [1.29, 1.82) is 0 Å². The molecule has 0 unspecified atom stereocenters. The Balaban J connectivity index is 1.51. The van der Waals surface area contributed by atoms with Crippen LogP contribution in [0.25, 0.3) is 33.1 Å². The second kappa shape index (κ2) is 7.70. The first kappa shape index (κ1) is 19.0. The van der Waals surface area contributed by atoms with E-state index in [0.717, 1.165) is 27.5 Å². The molecule has 0 saturated carbocycles. The molecule has 31 heavy (non-hydrogen) atoms. The van der Waals surface area contributed by atoms with E-state index in [1.165, 1.54) is 6.21 Å². The SMILES string of the molecule is O=C(Cn1c2ccc(Cl)cc2c2nc3ccccc3nc21)NN=Cc1ccc(O)cc1. The number of aromatic hydroxyl groups is 1. The van der Waals surface area contributed by atoms with Crippen LogP contribution in [0.3, 0.4) is 0 Å². The van der Waals surface area contributed by atoms with Gasteiger partial charge < -0.3 is 9.67 Å². The fraction of sp³-hybridized carbons (Fsp3) is 0.0435. The second-order valence-electron chi connectivity index (χ2n) is 7.02. The summed E-state index contributed by atoms with van der Waals surface area (Å²) in [6, 6.07) is 19.6. The average Bonchev–Trinajstić information content (AvgIpc) is 3.05. The Morgan fingerprint density at radius 2 is 1.81 bits per heavy atom. The van der Waals surface area contributed by atoms with Gasteiger partial charge in [-0.1, -0.05) is 23.7 Å². The highest BCUT2D eigenvalue weighted by atomic mass is 35.5. The molecule has 0 fully saturated rings. The molecule has 0 radical (unpaired) electrons. The number of para-hydroxylation sites is 2. The molecule has 2 heterocycles. The van der Waals surface area contributed by atoms with Gasteiger partial charge in [-0.15, -0.1) is 0 Å². The van der Waals surface area contributed by atoms with E-state index in [4.69, 9.17) is 21.6 Å². The number of amides is 1. The number of phenols is 1. The van der Waals surface area contributed by atoms with Gasteiger partial charge in [-0.3, -0.25) is 4.79 Å². The number of carbonyl (C=O) groups excluding carboxylic acids is 1. The number of hydrogen-bond acceptors (Lipinski definition) is 5. The highest BCUT2D eigenvalue weighted by Gasteiger charge is 2.17. The van der Waals surface area contributed by atoms with E-state index in [0.29, 0.717) is 16.2 Å². The maximum absolute atomic E-state index is 12.6. The maximum Gasteiger partial charge on any atom is 0.260 e. The van der Waals surface area contributed by atoms with Crippen LogP contribution in [0.15, 0.2) is 71.8 Å². The first-order chi connectivity index (χ1) is 15.1. The summed E-state index contributed by atoms with van der Waals surface area (Å²) in [5, 5.41) is 14.8. The van der Waals surface area contributed by atoms with Crippen LogP contribution in [0.5, 0.6) is 5.75 Å². The van der Waals surface area contributed by atoms with Gasteiger partial charge in [-0.25, -0.2) is 15.4 Å². The number of benzene rings is 3. The molecular weight excluding hydrogens is 414 g/mol. The Morgan fingerprint density at radius 1 is 1.06 bits per heavy atom. The highest BCUT2D eigenvalue weighted by Crippen LogP contribution is 2.30. The van der Waals surface area contributed by atoms with E-state index in [1.54, 1.807) is 30.3 Å². The van der Waals surface area contributed by atoms with Crippen molar-refractivity contribution in [2.75, 3.05) is 0 Å². The molecule has 0 aliphatic rings. The van der Waals surface area contributed by atoms with Gasteiger partial charge in [0.1, 0.15) is 17.8 Å². The van der Waals surface area contributed by atoms with Crippen LogP contribution < -0.4 is 5.43 Å². The topological polar surface area (TPSA) is 92.4 Å². The van der Waals surface area contributed by atoms with Crippen LogP contribution in [-0.4, -0.2) is 31.8 Å². The molecule has 2 N–H and O–H groups in total. The lowest BCUT2D eigenvalue weighted by Gasteiger charge is -2.06. The van der Waals surface area contributed by atoms with E-state index in [-0.39, 0.29) is 18.2 Å². The summed E-state index contributed by atoms with van der Waals surface area (Å²) in [5.74, 6) is -0.139. The van der Waals surface area contributed by atoms with Crippen LogP contribution in [-0.2, 0) is 11.3 Å². The van der Waals surface area contributed by atoms with Gasteiger partial charge in [0.2, 0.25) is 0 Å². The van der Waals surface area contributed by atoms with Crippen LogP contribution in [0, 0.1) is 0 Å². The van der Waals surface area contributed by atoms with Crippen molar-refractivity contribution < 1.29 is 9.90 Å². The third-order valence-corrected chi connectivity index (χ3v) is 5.15. The fourth-order valence-corrected chi connectivity index (χ4v) is 3.66. The van der Waals surface area contributed by atoms with E-state index in [2.05, 4.69) is 10.5 Å². The van der Waals surface area contributed by atoms with Crippen LogP contribution in [0.2, 0.25) is 5.02 Å². The maximum atomic E-state index is 12.6. The predicted octanol–water partition coefficient (Wildman–Crippen LogP) is 4.25. The molecule has 5 aromatic rings. The molecule has 0 aliphatic carbocycles. The largest absolute Gasteiger partial charge is 0.508 e. The monoisotopic (exact) mass is 429 g/mol. The van der Waals surface area contributed by atoms with E-state index < -0.39 is 0 Å². The Kier molecular flexibility index (Phi) is 4.72. The summed E-state index contributed by atoms with van der Waals surface area (Å²) in [6.45, 7) is 0.0154. The van der Waals surface area contributed by atoms with Crippen LogP contribution in [0.4, 0.5) is 0 Å². The quantitative estimate of drug-likeness (QED) is 0.330. The Bertz CT molecular complexity index is 1470. The first-order valence-corrected chi connectivity index (χ1v) is 9.91. The summed E-state index contributed by atoms with van der Waals surface area (Å²) >= 11 is 6.22. The van der Waals surface area contributed by atoms with Gasteiger partial charge in [0.05, 0.1) is 22.8 Å². The summed E-state index contributed by atoms with van der Waals surface area (Å²) in [6.07, 6.45) is 1.51. The number of phenolic OH excluding ortho intramolecular Hbond substituents is 1. The molecule has 8 heteroatoms. The predicted molar refractivity (Wildman–Crippen MR) is 121 cm³/mol. The molecule has 7 nitrogen and oxygen atoms in total. The third kappa shape index (κ3) is 3.67. The number of nitrogens with one attached hydrogen (secondary N) is 1. The van der Waals surface area contributed by atoms with Crippen molar-refractivity contribution in [2.45, 2.75) is 6.54 Å². The molecule has 5 rings (SSSR count). The van der Waals surface area contributed by atoms with E-state index >= 15 is 0 Å². The number of aromatic nitrogens is 3. The minimum atomic E-state index is -0.307. The Hall–Kier alpha value is -3.97. The molecule has 0 aliphatic heterocycles. The number of halogens is 1. The van der Waals surface area contributed by atoms with E-state index in [9.17, 15) is 9.90 Å². The zero-order chi connectivity index (χ0) is 21.4. The first-order valence-electron chi connectivity index (χ1n) is 9.54. The minimum Gasteiger partial charge on any atom is -0.508 e. The molecule has 3 aromatic carbocycles. The van der Waals surface area contributed by atoms with Gasteiger partial charge in [0.15, 0.2) is 5.65 Å². The molecule has 0 bridgehead atoms. The molecule has 1 amide bonds. The number of nitrogens with zero attached hydrogens (tertiary/aromatic N) is 4. The third-order valence-electron chi connectivity index (χ3n) is 4.91. The summed E-state index contributed by atoms with van der Waals surface area (Å²) in [5.41, 5.74) is 6.92. The lowest BCUT2D eigenvalue weighted by atomic mass is 10.2. The Labute approximate surface area is 181 Å². The van der Waals surface area contributed by atoms with Crippen LogP contribution >= 0.6 is 11.6 Å². The number of rotatable bonds is 4. The molecule has 0 spiro atoms. The van der Waals surface area contributed by atoms with Crippen molar-refractivity contribution >= 4 is 56.8 Å². The smallest absolute Gasteiger partial charge is 0.260 e. The number of fused-ring (bicyclic) bond motifs is 4. The standard InChI is InChI=1S/C23H16ClN5O2/c24-15-7-10-20-17(11-15)22-23(27-19-4-2-1-3-18(19)26-22)29(20)13-21(31)28-25-12-14-5-8-16(30)9-6-14/h1-12,30H,13H2,(H,28,31). The molecular formula is C23H16ClN5O2. The van der Waals surface area contributed by atoms with Crippen molar-refractivity contribution in [1.82, 2.24) is 20.0 Å². The van der Waals surface area contributed by atoms with Crippen LogP contribution in [0.1, 0.15) is 5.56 Å². The van der Waals surface area contributed by atoms with Gasteiger partial charge in [0, 0.05) is 10.4 Å². The van der Waals surface area contributed by atoms with Crippen molar-refractivity contribution in [3.05, 3.63) is 77.3 Å². The van der Waals surface area contributed by atoms with Crippen molar-refractivity contribution in [3.8, 4) is 5.75 Å². The van der Waals surface area contributed by atoms with Crippen molar-refractivity contribution in [2.24, 2.45) is 5.10 Å². The number of hydrogen-bond donors (Lipinski definition) is 2. The molecule has 0 atom stereocenters. The minimum absolute atomic E-state index is 0.0154. The summed E-state index contributed by atoms with van der Waals surface area (Å²) < 4.78 is 1.81. The number of carbonyl (C=O) groups is 1. The molecule has 0 saturated heterocycles. The number of hydrazone groups is 1. The normalized spacial score (nSPS) is 11.6. The molecule has 2 aromatic heterocycles. The van der Waals surface area contributed by atoms with Gasteiger partial charge in [-0.2, -0.15) is 5.10 Å². The average molecular weight is 430 g/mol. The zero-order valence-corrected chi connectivity index (χ0v) is 16.9. The summed E-state index contributed by atoms with van der Waals surface area (Å²) in [7, 11) is 0. The van der Waals surface area contributed by atoms with Crippen molar-refractivity contribution in [3.63, 3.8) is 0 Å². The van der Waals surface area contributed by atoms with Gasteiger partial charge >= 0.3 is 0 Å². The lowest BCUT2D eigenvalue weighted by molar-refractivity contribution is -0.121. The second-order valence-corrected chi connectivity index (χ2v) is 7.45. The van der Waals surface area contributed by atoms with Gasteiger partial charge in [-0.05, 0) is 60.2 Å².